The molecule has 5 nitrogen and oxygen atoms in total. The molecule has 0 spiro atoms. The van der Waals surface area contributed by atoms with Crippen LogP contribution >= 0.6 is 0 Å². The SMILES string of the molecule is CC(C)(CO)CNC(=O)c1cc(Cc2cccc3ccccc23)no1. The fourth-order valence-corrected chi connectivity index (χ4v) is 2.61. The Labute approximate surface area is 146 Å². The van der Waals surface area contributed by atoms with E-state index in [2.05, 4.69) is 34.7 Å². The predicted molar refractivity (Wildman–Crippen MR) is 96.5 cm³/mol. The van der Waals surface area contributed by atoms with Crippen LogP contribution in [0.2, 0.25) is 0 Å². The topological polar surface area (TPSA) is 75.4 Å². The summed E-state index contributed by atoms with van der Waals surface area (Å²) in [6.07, 6.45) is 0.597. The number of aromatic nitrogens is 1. The molecule has 0 atom stereocenters. The smallest absolute Gasteiger partial charge is 0.289 e. The lowest BCUT2D eigenvalue weighted by atomic mass is 9.95. The molecule has 0 aliphatic carbocycles. The maximum absolute atomic E-state index is 12.2. The van der Waals surface area contributed by atoms with Gasteiger partial charge in [0.1, 0.15) is 0 Å². The van der Waals surface area contributed by atoms with Gasteiger partial charge in [-0.05, 0) is 16.3 Å². The van der Waals surface area contributed by atoms with Crippen molar-refractivity contribution < 1.29 is 14.4 Å². The van der Waals surface area contributed by atoms with Crippen LogP contribution in [0.4, 0.5) is 0 Å². The Morgan fingerprint density at radius 3 is 2.76 bits per heavy atom. The number of nitrogens with one attached hydrogen (secondary N) is 1. The molecular weight excluding hydrogens is 316 g/mol. The minimum atomic E-state index is -0.374. The van der Waals surface area contributed by atoms with Crippen LogP contribution in [0.1, 0.15) is 35.7 Å². The number of aliphatic hydroxyl groups excluding tert-OH is 1. The van der Waals surface area contributed by atoms with Gasteiger partial charge in [-0.3, -0.25) is 4.79 Å². The summed E-state index contributed by atoms with van der Waals surface area (Å²) in [7, 11) is 0. The second-order valence-corrected chi connectivity index (χ2v) is 7.00. The van der Waals surface area contributed by atoms with Crippen LogP contribution in [-0.4, -0.2) is 29.3 Å². The number of carbonyl (C=O) groups excluding carboxylic acids is 1. The number of rotatable bonds is 6. The Balaban J connectivity index is 1.72. The third kappa shape index (κ3) is 4.06. The Hall–Kier alpha value is -2.66. The second kappa shape index (κ2) is 7.07. The summed E-state index contributed by atoms with van der Waals surface area (Å²) in [5.41, 5.74) is 1.48. The van der Waals surface area contributed by atoms with E-state index in [-0.39, 0.29) is 23.7 Å². The molecule has 0 saturated heterocycles. The number of hydrogen-bond acceptors (Lipinski definition) is 4. The summed E-state index contributed by atoms with van der Waals surface area (Å²) >= 11 is 0. The summed E-state index contributed by atoms with van der Waals surface area (Å²) in [5, 5.41) is 18.4. The number of benzene rings is 2. The van der Waals surface area contributed by atoms with Gasteiger partial charge in [0.25, 0.3) is 5.91 Å². The number of amides is 1. The first kappa shape index (κ1) is 17.2. The predicted octanol–water partition coefficient (Wildman–Crippen LogP) is 3.17. The number of carbonyl (C=O) groups is 1. The van der Waals surface area contributed by atoms with Gasteiger partial charge in [0.05, 0.1) is 5.69 Å². The summed E-state index contributed by atoms with van der Waals surface area (Å²) in [4.78, 5) is 12.2. The van der Waals surface area contributed by atoms with Crippen molar-refractivity contribution in [2.75, 3.05) is 13.2 Å². The Morgan fingerprint density at radius 2 is 1.96 bits per heavy atom. The highest BCUT2D eigenvalue weighted by molar-refractivity contribution is 5.91. The average Bonchev–Trinajstić information content (AvgIpc) is 3.09. The van der Waals surface area contributed by atoms with Gasteiger partial charge < -0.3 is 14.9 Å². The lowest BCUT2D eigenvalue weighted by molar-refractivity contribution is 0.0875. The van der Waals surface area contributed by atoms with Gasteiger partial charge in [-0.15, -0.1) is 0 Å². The maximum Gasteiger partial charge on any atom is 0.289 e. The van der Waals surface area contributed by atoms with E-state index in [1.54, 1.807) is 6.07 Å². The molecule has 0 bridgehead atoms. The number of aliphatic hydroxyl groups is 1. The van der Waals surface area contributed by atoms with Crippen molar-refractivity contribution in [2.45, 2.75) is 20.3 Å². The van der Waals surface area contributed by atoms with Crippen molar-refractivity contribution in [3.63, 3.8) is 0 Å². The largest absolute Gasteiger partial charge is 0.396 e. The van der Waals surface area contributed by atoms with Crippen molar-refractivity contribution >= 4 is 16.7 Å². The van der Waals surface area contributed by atoms with Gasteiger partial charge in [0, 0.05) is 31.1 Å². The molecule has 3 aromatic rings. The van der Waals surface area contributed by atoms with E-state index in [1.807, 2.05) is 32.0 Å². The molecule has 0 aliphatic rings. The van der Waals surface area contributed by atoms with Crippen LogP contribution in [0.15, 0.2) is 53.1 Å². The van der Waals surface area contributed by atoms with E-state index in [0.29, 0.717) is 18.7 Å². The van der Waals surface area contributed by atoms with Crippen molar-refractivity contribution in [1.82, 2.24) is 10.5 Å². The molecule has 2 aromatic carbocycles. The number of fused-ring (bicyclic) bond motifs is 1. The van der Waals surface area contributed by atoms with Gasteiger partial charge in [-0.1, -0.05) is 61.5 Å². The first-order valence-electron chi connectivity index (χ1n) is 8.30. The van der Waals surface area contributed by atoms with E-state index in [9.17, 15) is 9.90 Å². The fraction of sp³-hybridized carbons (Fsp3) is 0.300. The van der Waals surface area contributed by atoms with Crippen LogP contribution in [0.3, 0.4) is 0 Å². The molecule has 0 radical (unpaired) electrons. The normalized spacial score (nSPS) is 11.6. The minimum Gasteiger partial charge on any atom is -0.396 e. The van der Waals surface area contributed by atoms with Crippen molar-refractivity contribution in [3.05, 3.63) is 65.5 Å². The minimum absolute atomic E-state index is 0.00395. The molecule has 130 valence electrons. The monoisotopic (exact) mass is 338 g/mol. The number of nitrogens with zero attached hydrogens (tertiary/aromatic N) is 1. The van der Waals surface area contributed by atoms with Gasteiger partial charge in [0.15, 0.2) is 0 Å². The quantitative estimate of drug-likeness (QED) is 0.724. The summed E-state index contributed by atoms with van der Waals surface area (Å²) < 4.78 is 5.19. The van der Waals surface area contributed by atoms with E-state index >= 15 is 0 Å². The van der Waals surface area contributed by atoms with Crippen molar-refractivity contribution in [3.8, 4) is 0 Å². The van der Waals surface area contributed by atoms with Crippen LogP contribution in [0, 0.1) is 5.41 Å². The fourth-order valence-electron chi connectivity index (χ4n) is 2.61. The third-order valence-corrected chi connectivity index (χ3v) is 4.19. The first-order valence-corrected chi connectivity index (χ1v) is 8.30. The Bertz CT molecular complexity index is 878. The molecule has 3 rings (SSSR count). The molecule has 0 unspecified atom stereocenters. The van der Waals surface area contributed by atoms with Crippen LogP contribution in [0.5, 0.6) is 0 Å². The number of hydrogen-bond donors (Lipinski definition) is 2. The second-order valence-electron chi connectivity index (χ2n) is 7.00. The summed E-state index contributed by atoms with van der Waals surface area (Å²) in [5.74, 6) is -0.137. The van der Waals surface area contributed by atoms with Gasteiger partial charge in [-0.2, -0.15) is 0 Å². The molecule has 25 heavy (non-hydrogen) atoms. The highest BCUT2D eigenvalue weighted by Crippen LogP contribution is 2.21. The molecule has 0 aliphatic heterocycles. The van der Waals surface area contributed by atoms with Gasteiger partial charge in [-0.25, -0.2) is 0 Å². The molecule has 2 N–H and O–H groups in total. The molecule has 1 aromatic heterocycles. The maximum atomic E-state index is 12.2. The Kier molecular flexibility index (Phi) is 4.86. The molecule has 0 fully saturated rings. The van der Waals surface area contributed by atoms with Crippen LogP contribution in [0.25, 0.3) is 10.8 Å². The van der Waals surface area contributed by atoms with Gasteiger partial charge in [0.2, 0.25) is 5.76 Å². The lowest BCUT2D eigenvalue weighted by Gasteiger charge is -2.21. The van der Waals surface area contributed by atoms with E-state index < -0.39 is 0 Å². The molecule has 1 heterocycles. The summed E-state index contributed by atoms with van der Waals surface area (Å²) in [6, 6.07) is 16.0. The first-order chi connectivity index (χ1) is 12.0. The summed E-state index contributed by atoms with van der Waals surface area (Å²) in [6.45, 7) is 4.11. The lowest BCUT2D eigenvalue weighted by Crippen LogP contribution is -2.35. The highest BCUT2D eigenvalue weighted by atomic mass is 16.5. The average molecular weight is 338 g/mol. The van der Waals surface area contributed by atoms with Crippen molar-refractivity contribution in [2.24, 2.45) is 5.41 Å². The van der Waals surface area contributed by atoms with Gasteiger partial charge >= 0.3 is 0 Å². The Morgan fingerprint density at radius 1 is 1.20 bits per heavy atom. The van der Waals surface area contributed by atoms with Crippen LogP contribution < -0.4 is 5.32 Å². The van der Waals surface area contributed by atoms with E-state index in [1.165, 1.54) is 10.8 Å². The zero-order valence-electron chi connectivity index (χ0n) is 14.5. The van der Waals surface area contributed by atoms with Crippen molar-refractivity contribution in [1.29, 1.82) is 0 Å². The highest BCUT2D eigenvalue weighted by Gasteiger charge is 2.20. The molecule has 5 heteroatoms. The van der Waals surface area contributed by atoms with E-state index in [4.69, 9.17) is 4.52 Å². The van der Waals surface area contributed by atoms with Crippen LogP contribution in [-0.2, 0) is 6.42 Å². The molecule has 0 saturated carbocycles. The zero-order chi connectivity index (χ0) is 17.9. The molecule has 1 amide bonds. The standard InChI is InChI=1S/C20H22N2O3/c1-20(2,13-23)12-21-19(24)18-11-16(22-25-18)10-15-8-5-7-14-6-3-4-9-17(14)15/h3-9,11,23H,10,12-13H2,1-2H3,(H,21,24). The van der Waals surface area contributed by atoms with E-state index in [0.717, 1.165) is 5.56 Å². The zero-order valence-corrected chi connectivity index (χ0v) is 14.5. The third-order valence-electron chi connectivity index (χ3n) is 4.19. The molecular formula is C20H22N2O3.